The Hall–Kier alpha value is -3.23. The average molecular weight is 332 g/mol. The van der Waals surface area contributed by atoms with Gasteiger partial charge < -0.3 is 10.4 Å². The molecule has 24 heavy (non-hydrogen) atoms. The SMILES string of the molecule is CC(C)NC(=O)NC(=O)Cn1nc(C(=O)O)c2ccccc2c1=O. The van der Waals surface area contributed by atoms with Crippen molar-refractivity contribution >= 4 is 28.7 Å². The number of benzene rings is 1. The van der Waals surface area contributed by atoms with Gasteiger partial charge in [-0.05, 0) is 19.9 Å². The molecule has 126 valence electrons. The summed E-state index contributed by atoms with van der Waals surface area (Å²) in [4.78, 5) is 47.0. The molecule has 3 amide bonds. The first-order valence-electron chi connectivity index (χ1n) is 7.13. The van der Waals surface area contributed by atoms with E-state index in [1.807, 2.05) is 5.32 Å². The lowest BCUT2D eigenvalue weighted by Gasteiger charge is -2.11. The van der Waals surface area contributed by atoms with Crippen LogP contribution in [0.2, 0.25) is 0 Å². The summed E-state index contributed by atoms with van der Waals surface area (Å²) >= 11 is 0. The number of imide groups is 1. The molecule has 1 heterocycles. The molecule has 9 heteroatoms. The quantitative estimate of drug-likeness (QED) is 0.739. The molecule has 1 aromatic heterocycles. The van der Waals surface area contributed by atoms with Gasteiger partial charge in [-0.15, -0.1) is 0 Å². The molecule has 9 nitrogen and oxygen atoms in total. The van der Waals surface area contributed by atoms with Crippen LogP contribution >= 0.6 is 0 Å². The molecule has 1 aromatic carbocycles. The van der Waals surface area contributed by atoms with Gasteiger partial charge in [0, 0.05) is 11.4 Å². The van der Waals surface area contributed by atoms with E-state index in [-0.39, 0.29) is 22.5 Å². The number of hydrogen-bond acceptors (Lipinski definition) is 5. The van der Waals surface area contributed by atoms with E-state index in [4.69, 9.17) is 0 Å². The maximum absolute atomic E-state index is 12.3. The molecular weight excluding hydrogens is 316 g/mol. The Balaban J connectivity index is 2.34. The van der Waals surface area contributed by atoms with Crippen LogP contribution in [0.25, 0.3) is 10.8 Å². The highest BCUT2D eigenvalue weighted by Gasteiger charge is 2.17. The van der Waals surface area contributed by atoms with E-state index in [0.717, 1.165) is 4.68 Å². The van der Waals surface area contributed by atoms with E-state index in [2.05, 4.69) is 10.4 Å². The van der Waals surface area contributed by atoms with Crippen molar-refractivity contribution in [2.24, 2.45) is 0 Å². The Kier molecular flexibility index (Phi) is 4.93. The van der Waals surface area contributed by atoms with Crippen LogP contribution in [0.3, 0.4) is 0 Å². The van der Waals surface area contributed by atoms with E-state index in [1.165, 1.54) is 12.1 Å². The van der Waals surface area contributed by atoms with Crippen LogP contribution in [0.5, 0.6) is 0 Å². The second kappa shape index (κ2) is 6.90. The second-order valence-corrected chi connectivity index (χ2v) is 5.34. The Morgan fingerprint density at radius 3 is 2.42 bits per heavy atom. The number of fused-ring (bicyclic) bond motifs is 1. The minimum absolute atomic E-state index is 0.129. The normalized spacial score (nSPS) is 10.6. The zero-order valence-corrected chi connectivity index (χ0v) is 13.1. The first-order valence-corrected chi connectivity index (χ1v) is 7.13. The van der Waals surface area contributed by atoms with Crippen LogP contribution in [0.15, 0.2) is 29.1 Å². The fourth-order valence-electron chi connectivity index (χ4n) is 2.10. The highest BCUT2D eigenvalue weighted by Crippen LogP contribution is 2.12. The van der Waals surface area contributed by atoms with E-state index in [0.29, 0.717) is 0 Å². The van der Waals surface area contributed by atoms with Gasteiger partial charge in [0.2, 0.25) is 5.91 Å². The molecule has 0 atom stereocenters. The van der Waals surface area contributed by atoms with Gasteiger partial charge in [-0.25, -0.2) is 14.3 Å². The number of amides is 3. The molecule has 3 N–H and O–H groups in total. The molecule has 2 rings (SSSR count). The number of hydrogen-bond donors (Lipinski definition) is 3. The first-order chi connectivity index (χ1) is 11.3. The minimum atomic E-state index is -1.32. The maximum Gasteiger partial charge on any atom is 0.357 e. The van der Waals surface area contributed by atoms with E-state index in [1.54, 1.807) is 26.0 Å². The lowest BCUT2D eigenvalue weighted by atomic mass is 10.1. The van der Waals surface area contributed by atoms with Crippen LogP contribution in [-0.4, -0.2) is 38.8 Å². The summed E-state index contributed by atoms with van der Waals surface area (Å²) in [5.74, 6) is -2.10. The lowest BCUT2D eigenvalue weighted by molar-refractivity contribution is -0.120. The molecule has 0 radical (unpaired) electrons. The molecule has 0 bridgehead atoms. The molecule has 0 aliphatic carbocycles. The van der Waals surface area contributed by atoms with Crippen molar-refractivity contribution in [3.8, 4) is 0 Å². The van der Waals surface area contributed by atoms with Crippen molar-refractivity contribution in [1.29, 1.82) is 0 Å². The number of nitrogens with zero attached hydrogens (tertiary/aromatic N) is 2. The third-order valence-corrected chi connectivity index (χ3v) is 3.04. The molecule has 0 unspecified atom stereocenters. The number of nitrogens with one attached hydrogen (secondary N) is 2. The van der Waals surface area contributed by atoms with Crippen LogP contribution in [0.4, 0.5) is 4.79 Å². The first kappa shape index (κ1) is 17.1. The number of urea groups is 1. The summed E-state index contributed by atoms with van der Waals surface area (Å²) in [6, 6.07) is 5.21. The van der Waals surface area contributed by atoms with E-state index in [9.17, 15) is 24.3 Å². The summed E-state index contributed by atoms with van der Waals surface area (Å²) in [6.45, 7) is 2.87. The van der Waals surface area contributed by atoms with Crippen molar-refractivity contribution < 1.29 is 19.5 Å². The number of carbonyl (C=O) groups is 3. The van der Waals surface area contributed by atoms with Gasteiger partial charge in [0.15, 0.2) is 5.69 Å². The van der Waals surface area contributed by atoms with E-state index < -0.39 is 30.0 Å². The van der Waals surface area contributed by atoms with Crippen LogP contribution < -0.4 is 16.2 Å². The van der Waals surface area contributed by atoms with Crippen molar-refractivity contribution in [3.05, 3.63) is 40.3 Å². The Bertz CT molecular complexity index is 872. The number of rotatable bonds is 4. The van der Waals surface area contributed by atoms with Crippen molar-refractivity contribution in [1.82, 2.24) is 20.4 Å². The van der Waals surface area contributed by atoms with Crippen molar-refractivity contribution in [2.75, 3.05) is 0 Å². The Morgan fingerprint density at radius 1 is 1.21 bits per heavy atom. The van der Waals surface area contributed by atoms with Crippen molar-refractivity contribution in [2.45, 2.75) is 26.4 Å². The number of carboxylic acids is 1. The zero-order valence-electron chi connectivity index (χ0n) is 13.1. The highest BCUT2D eigenvalue weighted by molar-refractivity contribution is 6.01. The van der Waals surface area contributed by atoms with Gasteiger partial charge in [0.1, 0.15) is 6.54 Å². The molecular formula is C15H16N4O5. The summed E-state index contributed by atoms with van der Waals surface area (Å²) < 4.78 is 0.726. The molecule has 0 fully saturated rings. The zero-order chi connectivity index (χ0) is 17.9. The van der Waals surface area contributed by atoms with Gasteiger partial charge in [-0.1, -0.05) is 18.2 Å². The van der Waals surface area contributed by atoms with Gasteiger partial charge in [0.05, 0.1) is 5.39 Å². The fraction of sp³-hybridized carbons (Fsp3) is 0.267. The molecule has 0 aliphatic heterocycles. The smallest absolute Gasteiger partial charge is 0.357 e. The summed E-state index contributed by atoms with van der Waals surface area (Å²) in [6.07, 6.45) is 0. The van der Waals surface area contributed by atoms with Crippen LogP contribution in [0, 0.1) is 0 Å². The fourth-order valence-corrected chi connectivity index (χ4v) is 2.10. The number of carboxylic acid groups (broad SMARTS) is 1. The monoisotopic (exact) mass is 332 g/mol. The highest BCUT2D eigenvalue weighted by atomic mass is 16.4. The molecule has 0 saturated carbocycles. The van der Waals surface area contributed by atoms with Crippen LogP contribution in [-0.2, 0) is 11.3 Å². The maximum atomic E-state index is 12.3. The van der Waals surface area contributed by atoms with Crippen LogP contribution in [0.1, 0.15) is 24.3 Å². The number of aromatic nitrogens is 2. The molecule has 0 saturated heterocycles. The predicted octanol–water partition coefficient (Wildman–Crippen LogP) is 0.329. The standard InChI is InChI=1S/C15H16N4O5/c1-8(2)16-15(24)17-11(20)7-19-13(21)10-6-4-3-5-9(10)12(18-19)14(22)23/h3-6,8H,7H2,1-2H3,(H,22,23)(H2,16,17,20,24). The summed E-state index contributed by atoms with van der Waals surface area (Å²) in [7, 11) is 0. The second-order valence-electron chi connectivity index (χ2n) is 5.34. The largest absolute Gasteiger partial charge is 0.476 e. The summed E-state index contributed by atoms with van der Waals surface area (Å²) in [5.41, 5.74) is -0.959. The van der Waals surface area contributed by atoms with Gasteiger partial charge >= 0.3 is 12.0 Å². The molecule has 2 aromatic rings. The van der Waals surface area contributed by atoms with Crippen molar-refractivity contribution in [3.63, 3.8) is 0 Å². The summed E-state index contributed by atoms with van der Waals surface area (Å²) in [5, 5.41) is 17.8. The molecule has 0 aliphatic rings. The van der Waals surface area contributed by atoms with Gasteiger partial charge in [0.25, 0.3) is 5.56 Å². The van der Waals surface area contributed by atoms with Gasteiger partial charge in [-0.2, -0.15) is 5.10 Å². The topological polar surface area (TPSA) is 130 Å². The minimum Gasteiger partial charge on any atom is -0.476 e. The van der Waals surface area contributed by atoms with Gasteiger partial charge in [-0.3, -0.25) is 14.9 Å². The third-order valence-electron chi connectivity index (χ3n) is 3.04. The Labute approximate surface area is 136 Å². The Morgan fingerprint density at radius 2 is 1.83 bits per heavy atom. The number of aromatic carboxylic acids is 1. The lowest BCUT2D eigenvalue weighted by Crippen LogP contribution is -2.44. The number of carbonyl (C=O) groups excluding carboxylic acids is 2. The predicted molar refractivity (Wildman–Crippen MR) is 84.8 cm³/mol. The van der Waals surface area contributed by atoms with E-state index >= 15 is 0 Å². The molecule has 0 spiro atoms. The third kappa shape index (κ3) is 3.75. The average Bonchev–Trinajstić information content (AvgIpc) is 2.48.